The van der Waals surface area contributed by atoms with Gasteiger partial charge >= 0.3 is 182 Å². The second-order valence-electron chi connectivity index (χ2n) is 7.45. The molecule has 6 nitrogen and oxygen atoms in total. The van der Waals surface area contributed by atoms with Crippen molar-refractivity contribution in [1.29, 1.82) is 0 Å². The summed E-state index contributed by atoms with van der Waals surface area (Å²) in [5.74, 6) is 0. The first-order valence-electron chi connectivity index (χ1n) is 10.1. The van der Waals surface area contributed by atoms with Crippen molar-refractivity contribution in [1.82, 2.24) is 3.97 Å². The molecule has 0 fully saturated rings. The molecule has 1 aromatic heterocycles. The molecule has 0 bridgehead atoms. The van der Waals surface area contributed by atoms with E-state index in [0.29, 0.717) is 16.3 Å². The van der Waals surface area contributed by atoms with Crippen molar-refractivity contribution in [3.05, 3.63) is 72.8 Å². The number of hydrogen-bond acceptors (Lipinski definition) is 5. The van der Waals surface area contributed by atoms with E-state index in [2.05, 4.69) is 0 Å². The summed E-state index contributed by atoms with van der Waals surface area (Å²) < 4.78 is 40.2. The van der Waals surface area contributed by atoms with Gasteiger partial charge in [0.05, 0.1) is 0 Å². The molecule has 1 N–H and O–H groups in total. The van der Waals surface area contributed by atoms with E-state index < -0.39 is 17.3 Å². The number of para-hydroxylation sites is 1. The van der Waals surface area contributed by atoms with Crippen LogP contribution >= 0.6 is 7.28 Å². The van der Waals surface area contributed by atoms with Crippen molar-refractivity contribution in [3.8, 4) is 0 Å². The third kappa shape index (κ3) is 3.56. The Hall–Kier alpha value is -2.28. The van der Waals surface area contributed by atoms with E-state index >= 15 is 0 Å². The maximum absolute atomic E-state index is 13.7. The summed E-state index contributed by atoms with van der Waals surface area (Å²) in [5, 5.41) is 2.02. The van der Waals surface area contributed by atoms with Crippen LogP contribution < -0.4 is 5.30 Å². The summed E-state index contributed by atoms with van der Waals surface area (Å²) >= 11 is 0. The summed E-state index contributed by atoms with van der Waals surface area (Å²) in [6.07, 6.45) is 0. The van der Waals surface area contributed by atoms with Gasteiger partial charge in [-0.2, -0.15) is 0 Å². The molecule has 0 amide bonds. The van der Waals surface area contributed by atoms with Crippen LogP contribution in [0.2, 0.25) is 0 Å². The second kappa shape index (κ2) is 7.69. The van der Waals surface area contributed by atoms with E-state index in [1.807, 2.05) is 24.3 Å². The number of aromatic nitrogens is 1. The molecule has 4 rings (SSSR count). The van der Waals surface area contributed by atoms with Gasteiger partial charge in [-0.05, 0) is 0 Å². The van der Waals surface area contributed by atoms with E-state index in [0.717, 1.165) is 10.8 Å². The Morgan fingerprint density at radius 3 is 2.06 bits per heavy atom. The molecule has 0 saturated heterocycles. The standard InChI is InChI=1S/C23H26NO5PS/c1-4-28-30(3,25,29-5-2)18-15-16-21-20-13-9-10-14-22(20)24(23(21)17-18)31(26,27)19-11-7-6-8-12-19/h6-17,25H,4-5H2,1-3H3. The van der Waals surface area contributed by atoms with Crippen LogP contribution in [0.25, 0.3) is 21.8 Å². The van der Waals surface area contributed by atoms with E-state index in [1.165, 1.54) is 3.97 Å². The topological polar surface area (TPSA) is 77.8 Å². The zero-order valence-corrected chi connectivity index (χ0v) is 19.4. The summed E-state index contributed by atoms with van der Waals surface area (Å²) in [4.78, 5) is 11.7. The van der Waals surface area contributed by atoms with Gasteiger partial charge in [0.2, 0.25) is 0 Å². The number of hydrogen-bond donors (Lipinski definition) is 1. The average Bonchev–Trinajstić information content (AvgIpc) is 3.09. The Kier molecular flexibility index (Phi) is 5.44. The van der Waals surface area contributed by atoms with Crippen LogP contribution in [0.15, 0.2) is 77.7 Å². The molecule has 0 aliphatic heterocycles. The predicted molar refractivity (Wildman–Crippen MR) is 126 cm³/mol. The Labute approximate surface area is 182 Å². The summed E-state index contributed by atoms with van der Waals surface area (Å²) in [6, 6.07) is 20.9. The van der Waals surface area contributed by atoms with Crippen LogP contribution in [0.3, 0.4) is 0 Å². The molecule has 4 aromatic rings. The number of rotatable bonds is 7. The molecule has 0 saturated carbocycles. The fourth-order valence-electron chi connectivity index (χ4n) is 3.99. The summed E-state index contributed by atoms with van der Waals surface area (Å²) in [7, 11) is -8.04. The van der Waals surface area contributed by atoms with Crippen molar-refractivity contribution >= 4 is 44.4 Å². The van der Waals surface area contributed by atoms with E-state index in [1.54, 1.807) is 69.0 Å². The van der Waals surface area contributed by atoms with Crippen molar-refractivity contribution in [2.45, 2.75) is 18.7 Å². The zero-order valence-electron chi connectivity index (χ0n) is 17.7. The first-order valence-corrected chi connectivity index (χ1v) is 14.0. The predicted octanol–water partition coefficient (Wildman–Crippen LogP) is 4.65. The molecule has 0 unspecified atom stereocenters. The molecule has 3 aromatic carbocycles. The molecule has 1 heterocycles. The van der Waals surface area contributed by atoms with E-state index in [-0.39, 0.29) is 18.1 Å². The number of nitrogens with zero attached hydrogens (tertiary/aromatic N) is 1. The molecule has 0 radical (unpaired) electrons. The minimum atomic E-state index is -4.15. The maximum atomic E-state index is 13.7. The SMILES string of the molecule is CCOP(C)(O)(OCC)c1ccc2c3ccccc3n(S(=O)(=O)c3ccccc3)c2c1. The first-order chi connectivity index (χ1) is 14.7. The second-order valence-corrected chi connectivity index (χ2v) is 12.9. The normalized spacial score (nSPS) is 14.0. The van der Waals surface area contributed by atoms with Crippen LogP contribution in [-0.4, -0.2) is 37.2 Å². The average molecular weight is 460 g/mol. The van der Waals surface area contributed by atoms with Gasteiger partial charge in [-0.3, -0.25) is 0 Å². The fraction of sp³-hybridized carbons (Fsp3) is 0.217. The van der Waals surface area contributed by atoms with Crippen LogP contribution in [0, 0.1) is 0 Å². The quantitative estimate of drug-likeness (QED) is 0.407. The molecule has 0 atom stereocenters. The van der Waals surface area contributed by atoms with Crippen molar-refractivity contribution < 1.29 is 22.4 Å². The Morgan fingerprint density at radius 2 is 1.42 bits per heavy atom. The van der Waals surface area contributed by atoms with Gasteiger partial charge in [0.1, 0.15) is 0 Å². The Morgan fingerprint density at radius 1 is 0.839 bits per heavy atom. The summed E-state index contributed by atoms with van der Waals surface area (Å²) in [6.45, 7) is 5.66. The van der Waals surface area contributed by atoms with E-state index in [4.69, 9.17) is 9.05 Å². The molecular formula is C23H26NO5PS. The van der Waals surface area contributed by atoms with Gasteiger partial charge in [-0.15, -0.1) is 0 Å². The van der Waals surface area contributed by atoms with Gasteiger partial charge in [-0.25, -0.2) is 0 Å². The minimum absolute atomic E-state index is 0.190. The van der Waals surface area contributed by atoms with Crippen molar-refractivity contribution in [2.75, 3.05) is 19.9 Å². The zero-order chi connectivity index (χ0) is 22.3. The number of benzene rings is 3. The molecular weight excluding hydrogens is 433 g/mol. The van der Waals surface area contributed by atoms with Gasteiger partial charge in [0.25, 0.3) is 0 Å². The Bertz CT molecular complexity index is 1350. The fourth-order valence-corrected chi connectivity index (χ4v) is 7.95. The van der Waals surface area contributed by atoms with Crippen LogP contribution in [0.5, 0.6) is 0 Å². The molecule has 0 aliphatic rings. The molecule has 31 heavy (non-hydrogen) atoms. The first kappa shape index (κ1) is 21.9. The van der Waals surface area contributed by atoms with Crippen molar-refractivity contribution in [3.63, 3.8) is 0 Å². The van der Waals surface area contributed by atoms with Crippen LogP contribution in [0.1, 0.15) is 13.8 Å². The summed E-state index contributed by atoms with van der Waals surface area (Å²) in [5.41, 5.74) is 1.03. The van der Waals surface area contributed by atoms with Gasteiger partial charge < -0.3 is 0 Å². The molecule has 0 spiro atoms. The van der Waals surface area contributed by atoms with Crippen LogP contribution in [0.4, 0.5) is 0 Å². The third-order valence-corrected chi connectivity index (χ3v) is 10.3. The monoisotopic (exact) mass is 459 g/mol. The number of fused-ring (bicyclic) bond motifs is 3. The molecule has 0 aliphatic carbocycles. The van der Waals surface area contributed by atoms with Crippen molar-refractivity contribution in [2.24, 2.45) is 0 Å². The molecule has 8 heteroatoms. The van der Waals surface area contributed by atoms with Gasteiger partial charge in [0, 0.05) is 0 Å². The van der Waals surface area contributed by atoms with Gasteiger partial charge in [-0.1, -0.05) is 0 Å². The molecule has 164 valence electrons. The van der Waals surface area contributed by atoms with Gasteiger partial charge in [0.15, 0.2) is 0 Å². The van der Waals surface area contributed by atoms with Crippen LogP contribution in [-0.2, 0) is 19.1 Å². The Balaban J connectivity index is 2.09. The van der Waals surface area contributed by atoms with E-state index in [9.17, 15) is 13.3 Å². The third-order valence-electron chi connectivity index (χ3n) is 5.35.